The molecule has 0 bridgehead atoms. The van der Waals surface area contributed by atoms with Crippen LogP contribution in [-0.2, 0) is 4.79 Å². The summed E-state index contributed by atoms with van der Waals surface area (Å²) in [4.78, 5) is 24.0. The van der Waals surface area contributed by atoms with Gasteiger partial charge in [0.2, 0.25) is 0 Å². The normalized spacial score (nSPS) is 28.6. The number of hydrogen-bond donors (Lipinski definition) is 3. The molecule has 94 valence electrons. The van der Waals surface area contributed by atoms with E-state index < -0.39 is 24.1 Å². The van der Waals surface area contributed by atoms with Crippen LogP contribution in [0.5, 0.6) is 0 Å². The Kier molecular flexibility index (Phi) is 3.33. The first kappa shape index (κ1) is 11.9. The maximum absolute atomic E-state index is 11.9. The molecule has 1 fully saturated rings. The fourth-order valence-corrected chi connectivity index (χ4v) is 2.26. The third-order valence-electron chi connectivity index (χ3n) is 3.16. The maximum atomic E-state index is 11.9. The molecule has 2 unspecified atom stereocenters. The Bertz CT molecular complexity index is 347. The zero-order chi connectivity index (χ0) is 12.4. The third-order valence-corrected chi connectivity index (χ3v) is 3.16. The Labute approximate surface area is 98.9 Å². The van der Waals surface area contributed by atoms with E-state index in [-0.39, 0.29) is 19.0 Å². The average molecular weight is 240 g/mol. The van der Waals surface area contributed by atoms with Gasteiger partial charge in [-0.3, -0.25) is 0 Å². The van der Waals surface area contributed by atoms with E-state index in [9.17, 15) is 14.7 Å². The highest BCUT2D eigenvalue weighted by Gasteiger charge is 2.39. The van der Waals surface area contributed by atoms with Gasteiger partial charge in [0, 0.05) is 19.0 Å². The largest absolute Gasteiger partial charge is 0.480 e. The number of rotatable bonds is 2. The number of carboxylic acids is 1. The van der Waals surface area contributed by atoms with Gasteiger partial charge < -0.3 is 20.4 Å². The Morgan fingerprint density at radius 1 is 1.29 bits per heavy atom. The van der Waals surface area contributed by atoms with Gasteiger partial charge in [0.05, 0.1) is 6.10 Å². The number of nitrogens with zero attached hydrogens (tertiary/aromatic N) is 1. The minimum Gasteiger partial charge on any atom is -0.480 e. The summed E-state index contributed by atoms with van der Waals surface area (Å²) in [5.41, 5.74) is 0. The topological polar surface area (TPSA) is 89.9 Å². The molecule has 1 heterocycles. The fraction of sp³-hybridized carbons (Fsp3) is 0.636. The van der Waals surface area contributed by atoms with Gasteiger partial charge >= 0.3 is 12.0 Å². The Morgan fingerprint density at radius 2 is 1.94 bits per heavy atom. The Balaban J connectivity index is 1.95. The maximum Gasteiger partial charge on any atom is 0.326 e. The van der Waals surface area contributed by atoms with Crippen molar-refractivity contribution in [2.24, 2.45) is 0 Å². The molecule has 3 N–H and O–H groups in total. The van der Waals surface area contributed by atoms with E-state index in [1.54, 1.807) is 0 Å². The van der Waals surface area contributed by atoms with Crippen LogP contribution in [0, 0.1) is 0 Å². The molecular formula is C11H16N2O4. The van der Waals surface area contributed by atoms with Crippen molar-refractivity contribution in [2.75, 3.05) is 6.54 Å². The molecule has 1 aliphatic carbocycles. The number of carboxylic acid groups (broad SMARTS) is 1. The van der Waals surface area contributed by atoms with Crippen molar-refractivity contribution in [1.82, 2.24) is 10.2 Å². The molecule has 2 amide bonds. The molecule has 1 saturated heterocycles. The van der Waals surface area contributed by atoms with Crippen molar-refractivity contribution >= 4 is 12.0 Å². The Morgan fingerprint density at radius 3 is 2.53 bits per heavy atom. The van der Waals surface area contributed by atoms with E-state index in [0.29, 0.717) is 0 Å². The highest BCUT2D eigenvalue weighted by molar-refractivity contribution is 5.83. The number of carbonyl (C=O) groups excluding carboxylic acids is 1. The second kappa shape index (κ2) is 4.75. The van der Waals surface area contributed by atoms with Crippen LogP contribution in [-0.4, -0.2) is 51.8 Å². The molecule has 2 atom stereocenters. The predicted molar refractivity (Wildman–Crippen MR) is 59.4 cm³/mol. The molecule has 0 aromatic carbocycles. The van der Waals surface area contributed by atoms with Gasteiger partial charge in [-0.05, 0) is 12.8 Å². The first-order valence-electron chi connectivity index (χ1n) is 5.71. The van der Waals surface area contributed by atoms with Crippen LogP contribution in [0.1, 0.15) is 19.3 Å². The zero-order valence-corrected chi connectivity index (χ0v) is 9.37. The second-order valence-corrected chi connectivity index (χ2v) is 4.49. The molecular weight excluding hydrogens is 224 g/mol. The molecule has 0 radical (unpaired) electrons. The lowest BCUT2D eigenvalue weighted by Gasteiger charge is -2.23. The minimum atomic E-state index is -1.07. The summed E-state index contributed by atoms with van der Waals surface area (Å²) in [5.74, 6) is -1.07. The van der Waals surface area contributed by atoms with Crippen molar-refractivity contribution in [1.29, 1.82) is 0 Å². The van der Waals surface area contributed by atoms with Crippen molar-refractivity contribution in [3.63, 3.8) is 0 Å². The number of aliphatic hydroxyl groups is 1. The van der Waals surface area contributed by atoms with Gasteiger partial charge in [-0.25, -0.2) is 9.59 Å². The lowest BCUT2D eigenvalue weighted by molar-refractivity contribution is -0.141. The molecule has 0 spiro atoms. The molecule has 0 aromatic heterocycles. The van der Waals surface area contributed by atoms with Gasteiger partial charge in [0.15, 0.2) is 0 Å². The standard InChI is InChI=1S/C11H16N2O4/c14-8-5-9(10(15)16)13(6-8)11(17)12-7-3-1-2-4-7/h1-2,7-9,14H,3-6H2,(H,12,17)(H,15,16). The lowest BCUT2D eigenvalue weighted by atomic mass is 10.2. The van der Waals surface area contributed by atoms with Crippen molar-refractivity contribution in [3.05, 3.63) is 12.2 Å². The number of likely N-dealkylation sites (tertiary alicyclic amines) is 1. The summed E-state index contributed by atoms with van der Waals surface area (Å²) in [5, 5.41) is 21.2. The van der Waals surface area contributed by atoms with E-state index in [4.69, 9.17) is 5.11 Å². The van der Waals surface area contributed by atoms with Gasteiger partial charge in [0.1, 0.15) is 6.04 Å². The average Bonchev–Trinajstić information content (AvgIpc) is 2.86. The summed E-state index contributed by atoms with van der Waals surface area (Å²) in [7, 11) is 0. The van der Waals surface area contributed by atoms with Crippen LogP contribution < -0.4 is 5.32 Å². The van der Waals surface area contributed by atoms with Crippen molar-refractivity contribution in [2.45, 2.75) is 37.5 Å². The summed E-state index contributed by atoms with van der Waals surface area (Å²) < 4.78 is 0. The fourth-order valence-electron chi connectivity index (χ4n) is 2.26. The van der Waals surface area contributed by atoms with Crippen LogP contribution >= 0.6 is 0 Å². The van der Waals surface area contributed by atoms with Crippen molar-refractivity contribution < 1.29 is 19.8 Å². The molecule has 1 aliphatic heterocycles. The molecule has 0 aromatic rings. The number of hydrogen-bond acceptors (Lipinski definition) is 3. The molecule has 2 aliphatic rings. The number of β-amino-alcohol motifs (C(OH)–C–C–N with tert-alkyl or cyclic N) is 1. The molecule has 17 heavy (non-hydrogen) atoms. The zero-order valence-electron chi connectivity index (χ0n) is 9.37. The van der Waals surface area contributed by atoms with E-state index in [2.05, 4.69) is 5.32 Å². The second-order valence-electron chi connectivity index (χ2n) is 4.49. The van der Waals surface area contributed by atoms with Gasteiger partial charge in [0.25, 0.3) is 0 Å². The first-order valence-corrected chi connectivity index (χ1v) is 5.71. The summed E-state index contributed by atoms with van der Waals surface area (Å²) in [6.07, 6.45) is 4.88. The lowest BCUT2D eigenvalue weighted by Crippen LogP contribution is -2.48. The highest BCUT2D eigenvalue weighted by atomic mass is 16.4. The number of aliphatic hydroxyl groups excluding tert-OH is 1. The van der Waals surface area contributed by atoms with Crippen LogP contribution in [0.25, 0.3) is 0 Å². The number of amides is 2. The quantitative estimate of drug-likeness (QED) is 0.589. The molecule has 6 nitrogen and oxygen atoms in total. The van der Waals surface area contributed by atoms with E-state index in [1.807, 2.05) is 12.2 Å². The van der Waals surface area contributed by atoms with Crippen LogP contribution in [0.15, 0.2) is 12.2 Å². The summed E-state index contributed by atoms with van der Waals surface area (Å²) >= 11 is 0. The first-order chi connectivity index (χ1) is 8.08. The Hall–Kier alpha value is -1.56. The van der Waals surface area contributed by atoms with Crippen LogP contribution in [0.4, 0.5) is 4.79 Å². The van der Waals surface area contributed by atoms with Crippen LogP contribution in [0.2, 0.25) is 0 Å². The molecule has 6 heteroatoms. The number of nitrogens with one attached hydrogen (secondary N) is 1. The minimum absolute atomic E-state index is 0.0506. The number of urea groups is 1. The SMILES string of the molecule is O=C(O)C1CC(O)CN1C(=O)NC1CC=CC1. The van der Waals surface area contributed by atoms with E-state index in [1.165, 1.54) is 4.90 Å². The summed E-state index contributed by atoms with van der Waals surface area (Å²) in [6, 6.07) is -1.27. The number of aliphatic carboxylic acids is 1. The molecule has 2 rings (SSSR count). The van der Waals surface area contributed by atoms with Gasteiger partial charge in [-0.1, -0.05) is 12.2 Å². The smallest absolute Gasteiger partial charge is 0.326 e. The monoisotopic (exact) mass is 240 g/mol. The highest BCUT2D eigenvalue weighted by Crippen LogP contribution is 2.19. The third kappa shape index (κ3) is 2.58. The van der Waals surface area contributed by atoms with E-state index in [0.717, 1.165) is 12.8 Å². The predicted octanol–water partition coefficient (Wildman–Crippen LogP) is -0.0656. The van der Waals surface area contributed by atoms with Crippen molar-refractivity contribution in [3.8, 4) is 0 Å². The summed E-state index contributed by atoms with van der Waals surface area (Å²) in [6.45, 7) is 0.0863. The van der Waals surface area contributed by atoms with E-state index >= 15 is 0 Å². The van der Waals surface area contributed by atoms with Crippen LogP contribution in [0.3, 0.4) is 0 Å². The molecule has 0 saturated carbocycles. The van der Waals surface area contributed by atoms with Gasteiger partial charge in [-0.15, -0.1) is 0 Å². The number of carbonyl (C=O) groups is 2. The van der Waals surface area contributed by atoms with Gasteiger partial charge in [-0.2, -0.15) is 0 Å².